The van der Waals surface area contributed by atoms with Crippen LogP contribution in [0.2, 0.25) is 0 Å². The van der Waals surface area contributed by atoms with Gasteiger partial charge in [0.25, 0.3) is 0 Å². The van der Waals surface area contributed by atoms with E-state index in [-0.39, 0.29) is 25.2 Å². The molecule has 2 aliphatic rings. The van der Waals surface area contributed by atoms with E-state index in [0.29, 0.717) is 24.1 Å². The number of rotatable bonds is 2. The first-order chi connectivity index (χ1) is 11.3. The summed E-state index contributed by atoms with van der Waals surface area (Å²) >= 11 is 0. The van der Waals surface area contributed by atoms with Crippen molar-refractivity contribution >= 4 is 17.5 Å². The van der Waals surface area contributed by atoms with E-state index in [9.17, 15) is 22.8 Å². The highest BCUT2D eigenvalue weighted by atomic mass is 19.4. The molecule has 1 aliphatic carbocycles. The number of fused-ring (bicyclic) bond motifs is 1. The molecule has 0 saturated heterocycles. The van der Waals surface area contributed by atoms with Gasteiger partial charge in [-0.1, -0.05) is 37.5 Å². The van der Waals surface area contributed by atoms with Crippen LogP contribution in [0.25, 0.3) is 0 Å². The van der Waals surface area contributed by atoms with Crippen LogP contribution in [0, 0.1) is 0 Å². The summed E-state index contributed by atoms with van der Waals surface area (Å²) in [5.41, 5.74) is -1.13. The van der Waals surface area contributed by atoms with Crippen LogP contribution < -0.4 is 10.6 Å². The minimum Gasteiger partial charge on any atom is -0.341 e. The van der Waals surface area contributed by atoms with E-state index in [2.05, 4.69) is 10.6 Å². The Morgan fingerprint density at radius 1 is 1.17 bits per heavy atom. The van der Waals surface area contributed by atoms with Gasteiger partial charge in [-0.05, 0) is 24.5 Å². The summed E-state index contributed by atoms with van der Waals surface area (Å²) in [4.78, 5) is 24.4. The summed E-state index contributed by atoms with van der Waals surface area (Å²) < 4.78 is 40.8. The van der Waals surface area contributed by atoms with Gasteiger partial charge >= 0.3 is 6.18 Å². The van der Waals surface area contributed by atoms with Crippen molar-refractivity contribution < 1.29 is 22.8 Å². The third kappa shape index (κ3) is 2.99. The third-order valence-electron chi connectivity index (χ3n) is 4.93. The molecular formula is C17H19F3N2O2. The van der Waals surface area contributed by atoms with Crippen molar-refractivity contribution in [2.45, 2.75) is 56.2 Å². The van der Waals surface area contributed by atoms with Crippen LogP contribution in [0.3, 0.4) is 0 Å². The molecule has 3 rings (SSSR count). The Balaban J connectivity index is 1.87. The highest BCUT2D eigenvalue weighted by molar-refractivity contribution is 6.01. The van der Waals surface area contributed by atoms with Crippen LogP contribution >= 0.6 is 0 Å². The highest BCUT2D eigenvalue weighted by Crippen LogP contribution is 2.42. The van der Waals surface area contributed by atoms with Gasteiger partial charge in [-0.2, -0.15) is 13.2 Å². The number of carbonyl (C=O) groups excluding carboxylic acids is 2. The maximum absolute atomic E-state index is 13.6. The molecule has 0 spiro atoms. The lowest BCUT2D eigenvalue weighted by Crippen LogP contribution is -2.60. The maximum atomic E-state index is 13.6. The first-order valence-corrected chi connectivity index (χ1v) is 8.10. The summed E-state index contributed by atoms with van der Waals surface area (Å²) in [6.07, 6.45) is -3.26. The average molecular weight is 340 g/mol. The van der Waals surface area contributed by atoms with Crippen molar-refractivity contribution in [1.82, 2.24) is 5.32 Å². The van der Waals surface area contributed by atoms with E-state index in [1.165, 1.54) is 0 Å². The smallest absolute Gasteiger partial charge is 0.341 e. The van der Waals surface area contributed by atoms with Crippen LogP contribution in [-0.4, -0.2) is 23.5 Å². The largest absolute Gasteiger partial charge is 0.411 e. The Hall–Kier alpha value is -2.05. The summed E-state index contributed by atoms with van der Waals surface area (Å²) in [6.45, 7) is 0. The zero-order valence-electron chi connectivity index (χ0n) is 13.1. The van der Waals surface area contributed by atoms with Crippen molar-refractivity contribution in [3.05, 3.63) is 29.8 Å². The van der Waals surface area contributed by atoms with E-state index in [1.54, 1.807) is 24.3 Å². The number of nitrogens with one attached hydrogen (secondary N) is 2. The fourth-order valence-corrected chi connectivity index (χ4v) is 3.60. The van der Waals surface area contributed by atoms with Crippen LogP contribution in [0.5, 0.6) is 0 Å². The molecule has 1 saturated carbocycles. The molecule has 1 aromatic rings. The second-order valence-electron chi connectivity index (χ2n) is 6.52. The van der Waals surface area contributed by atoms with Gasteiger partial charge in [-0.15, -0.1) is 0 Å². The van der Waals surface area contributed by atoms with Gasteiger partial charge in [0.05, 0.1) is 5.92 Å². The molecule has 2 amide bonds. The molecule has 24 heavy (non-hydrogen) atoms. The molecule has 7 heteroatoms. The molecule has 4 nitrogen and oxygen atoms in total. The molecule has 1 aromatic carbocycles. The van der Waals surface area contributed by atoms with Gasteiger partial charge in [0.15, 0.2) is 0 Å². The Morgan fingerprint density at radius 3 is 2.50 bits per heavy atom. The predicted octanol–water partition coefficient (Wildman–Crippen LogP) is 3.49. The quantitative estimate of drug-likeness (QED) is 0.866. The number of anilines is 1. The van der Waals surface area contributed by atoms with E-state index in [0.717, 1.165) is 6.42 Å². The molecule has 0 unspecified atom stereocenters. The number of carbonyl (C=O) groups is 2. The maximum Gasteiger partial charge on any atom is 0.411 e. The molecule has 2 N–H and O–H groups in total. The van der Waals surface area contributed by atoms with E-state index >= 15 is 0 Å². The van der Waals surface area contributed by atoms with Crippen LogP contribution in [0.15, 0.2) is 24.3 Å². The number of benzene rings is 1. The number of amides is 2. The van der Waals surface area contributed by atoms with Gasteiger partial charge in [-0.3, -0.25) is 9.59 Å². The number of halogens is 3. The Kier molecular flexibility index (Phi) is 4.27. The number of hydrogen-bond donors (Lipinski definition) is 2. The Morgan fingerprint density at radius 2 is 1.83 bits per heavy atom. The fraction of sp³-hybridized carbons (Fsp3) is 0.529. The van der Waals surface area contributed by atoms with Gasteiger partial charge < -0.3 is 10.6 Å². The van der Waals surface area contributed by atoms with Gasteiger partial charge in [0.1, 0.15) is 5.54 Å². The zero-order chi connectivity index (χ0) is 17.4. The third-order valence-corrected chi connectivity index (χ3v) is 4.93. The van der Waals surface area contributed by atoms with Gasteiger partial charge in [-0.25, -0.2) is 0 Å². The molecule has 1 heterocycles. The van der Waals surface area contributed by atoms with Crippen LogP contribution in [0.1, 0.15) is 50.0 Å². The molecule has 1 aliphatic heterocycles. The highest BCUT2D eigenvalue weighted by Gasteiger charge is 2.56. The second-order valence-corrected chi connectivity index (χ2v) is 6.52. The van der Waals surface area contributed by atoms with Crippen LogP contribution in [-0.2, 0) is 9.59 Å². The SMILES string of the molecule is O=C1C[C@@H](C(=O)NC2(C(F)(F)F)CCCCC2)c2ccccc2N1. The van der Waals surface area contributed by atoms with Crippen molar-refractivity contribution in [3.8, 4) is 0 Å². The first-order valence-electron chi connectivity index (χ1n) is 8.10. The van der Waals surface area contributed by atoms with Gasteiger partial charge in [0.2, 0.25) is 11.8 Å². The standard InChI is InChI=1S/C17H19F3N2O2/c18-17(19,20)16(8-4-1-5-9-16)22-15(24)12-10-14(23)21-13-7-3-2-6-11(12)13/h2-3,6-7,12H,1,4-5,8-10H2,(H,21,23)(H,22,24)/t12-/m1/s1. The Bertz CT molecular complexity index is 651. The fourth-order valence-electron chi connectivity index (χ4n) is 3.60. The monoisotopic (exact) mass is 340 g/mol. The Labute approximate surface area is 137 Å². The van der Waals surface area contributed by atoms with E-state index in [1.807, 2.05) is 0 Å². The normalized spacial score (nSPS) is 23.1. The van der Waals surface area contributed by atoms with Crippen molar-refractivity contribution in [2.24, 2.45) is 0 Å². The summed E-state index contributed by atoms with van der Waals surface area (Å²) in [5, 5.41) is 4.91. The lowest BCUT2D eigenvalue weighted by Gasteiger charge is -2.40. The van der Waals surface area contributed by atoms with Gasteiger partial charge in [0, 0.05) is 12.1 Å². The predicted molar refractivity (Wildman–Crippen MR) is 82.4 cm³/mol. The summed E-state index contributed by atoms with van der Waals surface area (Å²) in [6, 6.07) is 6.72. The molecule has 130 valence electrons. The van der Waals surface area contributed by atoms with Crippen LogP contribution in [0.4, 0.5) is 18.9 Å². The minimum absolute atomic E-state index is 0.108. The second kappa shape index (κ2) is 6.11. The molecule has 0 aromatic heterocycles. The first kappa shape index (κ1) is 16.8. The van der Waals surface area contributed by atoms with E-state index < -0.39 is 23.5 Å². The van der Waals surface area contributed by atoms with Crippen molar-refractivity contribution in [3.63, 3.8) is 0 Å². The number of alkyl halides is 3. The van der Waals surface area contributed by atoms with Crippen molar-refractivity contribution in [1.29, 1.82) is 0 Å². The topological polar surface area (TPSA) is 58.2 Å². The average Bonchev–Trinajstić information content (AvgIpc) is 2.53. The van der Waals surface area contributed by atoms with Crippen molar-refractivity contribution in [2.75, 3.05) is 5.32 Å². The summed E-state index contributed by atoms with van der Waals surface area (Å²) in [5.74, 6) is -1.98. The number of para-hydroxylation sites is 1. The lowest BCUT2D eigenvalue weighted by molar-refractivity contribution is -0.207. The summed E-state index contributed by atoms with van der Waals surface area (Å²) in [7, 11) is 0. The molecule has 1 atom stereocenters. The lowest BCUT2D eigenvalue weighted by atomic mass is 9.80. The minimum atomic E-state index is -4.50. The molecular weight excluding hydrogens is 321 g/mol. The molecule has 0 radical (unpaired) electrons. The molecule has 1 fully saturated rings. The zero-order valence-corrected chi connectivity index (χ0v) is 13.1. The number of hydrogen-bond acceptors (Lipinski definition) is 2. The molecule has 0 bridgehead atoms. The van der Waals surface area contributed by atoms with E-state index in [4.69, 9.17) is 0 Å².